The van der Waals surface area contributed by atoms with Crippen LogP contribution in [0.4, 0.5) is 24.5 Å². The second-order valence-electron chi connectivity index (χ2n) is 5.49. The van der Waals surface area contributed by atoms with Crippen LogP contribution in [0.1, 0.15) is 26.2 Å². The molecule has 120 valence electrons. The number of amidine groups is 1. The third kappa shape index (κ3) is 3.32. The summed E-state index contributed by atoms with van der Waals surface area (Å²) < 4.78 is 41.5. The molecule has 3 nitrogen and oxygen atoms in total. The number of halogens is 3. The van der Waals surface area contributed by atoms with Crippen molar-refractivity contribution in [2.45, 2.75) is 32.5 Å². The molecule has 1 atom stereocenters. The van der Waals surface area contributed by atoms with Crippen LogP contribution in [0.5, 0.6) is 5.75 Å². The van der Waals surface area contributed by atoms with E-state index in [9.17, 15) is 13.2 Å². The van der Waals surface area contributed by atoms with E-state index in [1.165, 1.54) is 12.1 Å². The predicted octanol–water partition coefficient (Wildman–Crippen LogP) is 4.94. The molecule has 6 heteroatoms. The van der Waals surface area contributed by atoms with Gasteiger partial charge in [-0.05, 0) is 12.5 Å². The minimum Gasteiger partial charge on any atom is -0.406 e. The molecule has 1 aliphatic heterocycles. The predicted molar refractivity (Wildman–Crippen MR) is 82.5 cm³/mol. The minimum absolute atomic E-state index is 0.239. The van der Waals surface area contributed by atoms with Gasteiger partial charge in [0.05, 0.1) is 20.0 Å². The molecule has 0 N–H and O–H groups in total. The molecule has 1 aromatic carbocycles. The Balaban J connectivity index is 2.38. The van der Waals surface area contributed by atoms with E-state index in [1.54, 1.807) is 12.1 Å². The number of fused-ring (bicyclic) bond motifs is 1. The Morgan fingerprint density at radius 2 is 2.09 bits per heavy atom. The number of alkyl halides is 3. The Hall–Kier alpha value is -1.82. The molecule has 1 heterocycles. The first-order chi connectivity index (χ1) is 10.3. The summed E-state index contributed by atoms with van der Waals surface area (Å²) in [5.74, 6) is 0.652. The molecule has 0 spiro atoms. The summed E-state index contributed by atoms with van der Waals surface area (Å²) in [5.41, 5.74) is 1.44. The van der Waals surface area contributed by atoms with Crippen LogP contribution in [-0.4, -0.2) is 25.8 Å². The van der Waals surface area contributed by atoms with Crippen molar-refractivity contribution in [1.82, 2.24) is 4.48 Å². The number of aliphatic imine (C=N–C) groups is 1. The van der Waals surface area contributed by atoms with E-state index in [4.69, 9.17) is 0 Å². The maximum absolute atomic E-state index is 12.3. The highest BCUT2D eigenvalue weighted by atomic mass is 19.4. The smallest absolute Gasteiger partial charge is 0.406 e. The first-order valence-corrected chi connectivity index (χ1v) is 7.25. The van der Waals surface area contributed by atoms with E-state index >= 15 is 0 Å². The molecule has 0 fully saturated rings. The van der Waals surface area contributed by atoms with E-state index in [-0.39, 0.29) is 5.75 Å². The van der Waals surface area contributed by atoms with Gasteiger partial charge in [0.1, 0.15) is 11.4 Å². The fourth-order valence-corrected chi connectivity index (χ4v) is 2.70. The number of hydrogen-bond acceptors (Lipinski definition) is 2. The number of hydrogen-bond donors (Lipinski definition) is 0. The molecule has 0 radical (unpaired) electrons. The first kappa shape index (κ1) is 16.5. The Morgan fingerprint density at radius 3 is 2.68 bits per heavy atom. The SMILES string of the molecule is C=CCC1=Nc2cc(OC(F)(F)F)ccc2[N+]1(C)CCCC. The van der Waals surface area contributed by atoms with Crippen LogP contribution < -0.4 is 9.22 Å². The van der Waals surface area contributed by atoms with Crippen LogP contribution in [0.2, 0.25) is 0 Å². The van der Waals surface area contributed by atoms with Crippen LogP contribution in [-0.2, 0) is 0 Å². The zero-order valence-corrected chi connectivity index (χ0v) is 12.8. The van der Waals surface area contributed by atoms with Crippen LogP contribution in [0.3, 0.4) is 0 Å². The number of ether oxygens (including phenoxy) is 1. The largest absolute Gasteiger partial charge is 0.573 e. The van der Waals surface area contributed by atoms with Crippen molar-refractivity contribution < 1.29 is 17.9 Å². The van der Waals surface area contributed by atoms with Gasteiger partial charge in [0.25, 0.3) is 0 Å². The maximum atomic E-state index is 12.3. The van der Waals surface area contributed by atoms with Gasteiger partial charge in [-0.3, -0.25) is 0 Å². The highest BCUT2D eigenvalue weighted by Gasteiger charge is 2.39. The number of nitrogens with zero attached hydrogens (tertiary/aromatic N) is 2. The zero-order chi connectivity index (χ0) is 16.4. The average molecular weight is 313 g/mol. The van der Waals surface area contributed by atoms with Gasteiger partial charge in [0, 0.05) is 12.1 Å². The molecule has 0 amide bonds. The van der Waals surface area contributed by atoms with Gasteiger partial charge in [0.15, 0.2) is 5.69 Å². The number of rotatable bonds is 6. The van der Waals surface area contributed by atoms with Crippen molar-refractivity contribution in [3.63, 3.8) is 0 Å². The third-order valence-electron chi connectivity index (χ3n) is 3.82. The van der Waals surface area contributed by atoms with Crippen LogP contribution in [0.25, 0.3) is 0 Å². The molecule has 0 aliphatic carbocycles. The zero-order valence-electron chi connectivity index (χ0n) is 12.8. The van der Waals surface area contributed by atoms with E-state index < -0.39 is 6.36 Å². The van der Waals surface area contributed by atoms with Crippen molar-refractivity contribution in [2.24, 2.45) is 4.99 Å². The Kier molecular flexibility index (Phi) is 4.60. The minimum atomic E-state index is -4.69. The lowest BCUT2D eigenvalue weighted by Gasteiger charge is -2.30. The third-order valence-corrected chi connectivity index (χ3v) is 3.82. The molecule has 0 saturated heterocycles. The van der Waals surface area contributed by atoms with Crippen LogP contribution >= 0.6 is 0 Å². The standard InChI is InChI=1S/C16H20F3N2O/c1-4-6-10-21(3)14-9-8-12(22-16(17,18)19)11-13(14)20-15(21)7-5-2/h5,8-9,11H,2,4,6-7,10H2,1,3H3/q+1. The highest BCUT2D eigenvalue weighted by molar-refractivity contribution is 6.02. The van der Waals surface area contributed by atoms with Crippen LogP contribution in [0.15, 0.2) is 35.8 Å². The van der Waals surface area contributed by atoms with Gasteiger partial charge in [-0.15, -0.1) is 19.8 Å². The molecule has 0 bridgehead atoms. The number of quaternary nitrogens is 1. The van der Waals surface area contributed by atoms with Crippen molar-refractivity contribution >= 4 is 17.2 Å². The van der Waals surface area contributed by atoms with Gasteiger partial charge in [-0.25, -0.2) is 4.48 Å². The molecule has 2 rings (SSSR count). The van der Waals surface area contributed by atoms with Gasteiger partial charge >= 0.3 is 6.36 Å². The lowest BCUT2D eigenvalue weighted by molar-refractivity contribution is -0.274. The molecule has 1 aliphatic rings. The summed E-state index contributed by atoms with van der Waals surface area (Å²) in [6.45, 7) is 6.70. The lowest BCUT2D eigenvalue weighted by Crippen LogP contribution is -2.49. The number of benzene rings is 1. The van der Waals surface area contributed by atoms with Crippen molar-refractivity contribution in [3.05, 3.63) is 30.9 Å². The molecule has 1 unspecified atom stereocenters. The fourth-order valence-electron chi connectivity index (χ4n) is 2.70. The maximum Gasteiger partial charge on any atom is 0.573 e. The molecule has 22 heavy (non-hydrogen) atoms. The Morgan fingerprint density at radius 1 is 1.36 bits per heavy atom. The molecule has 0 saturated carbocycles. The average Bonchev–Trinajstić information content (AvgIpc) is 2.68. The summed E-state index contributed by atoms with van der Waals surface area (Å²) in [4.78, 5) is 4.51. The molecule has 1 aromatic rings. The molecular weight excluding hydrogens is 293 g/mol. The van der Waals surface area contributed by atoms with Crippen molar-refractivity contribution in [1.29, 1.82) is 0 Å². The van der Waals surface area contributed by atoms with Crippen molar-refractivity contribution in [3.8, 4) is 5.75 Å². The quantitative estimate of drug-likeness (QED) is 0.538. The Labute approximate surface area is 128 Å². The second-order valence-corrected chi connectivity index (χ2v) is 5.49. The first-order valence-electron chi connectivity index (χ1n) is 7.25. The van der Waals surface area contributed by atoms with Crippen molar-refractivity contribution in [2.75, 3.05) is 13.6 Å². The molecule has 0 aromatic heterocycles. The van der Waals surface area contributed by atoms with E-state index in [1.807, 2.05) is 7.05 Å². The fraction of sp³-hybridized carbons (Fsp3) is 0.438. The highest BCUT2D eigenvalue weighted by Crippen LogP contribution is 2.43. The molecular formula is C16H20F3N2O+. The summed E-state index contributed by atoms with van der Waals surface area (Å²) in [6.07, 6.45) is -0.280. The topological polar surface area (TPSA) is 21.6 Å². The second kappa shape index (κ2) is 6.12. The lowest BCUT2D eigenvalue weighted by atomic mass is 10.2. The van der Waals surface area contributed by atoms with Gasteiger partial charge in [-0.1, -0.05) is 19.4 Å². The Bertz CT molecular complexity index is 596. The summed E-state index contributed by atoms with van der Waals surface area (Å²) >= 11 is 0. The monoisotopic (exact) mass is 313 g/mol. The summed E-state index contributed by atoms with van der Waals surface area (Å²) in [7, 11) is 2.04. The van der Waals surface area contributed by atoms with E-state index in [0.29, 0.717) is 16.6 Å². The normalized spacial score (nSPS) is 20.5. The number of unbranched alkanes of at least 4 members (excludes halogenated alkanes) is 1. The van der Waals surface area contributed by atoms with Gasteiger partial charge < -0.3 is 4.74 Å². The van der Waals surface area contributed by atoms with E-state index in [2.05, 4.69) is 23.2 Å². The van der Waals surface area contributed by atoms with Crippen LogP contribution in [0, 0.1) is 0 Å². The van der Waals surface area contributed by atoms with Gasteiger partial charge in [0.2, 0.25) is 5.84 Å². The summed E-state index contributed by atoms with van der Waals surface area (Å²) in [6, 6.07) is 4.37. The van der Waals surface area contributed by atoms with E-state index in [0.717, 1.165) is 30.9 Å². The summed E-state index contributed by atoms with van der Waals surface area (Å²) in [5, 5.41) is 0. The van der Waals surface area contributed by atoms with Gasteiger partial charge in [-0.2, -0.15) is 4.99 Å².